The van der Waals surface area contributed by atoms with Crippen LogP contribution in [0.2, 0.25) is 0 Å². The van der Waals surface area contributed by atoms with Crippen molar-refractivity contribution in [3.8, 4) is 0 Å². The fraction of sp³-hybridized carbons (Fsp3) is 0.0556. The number of thioether (sulfide) groups is 1. The molecule has 1 aliphatic rings. The fourth-order valence-electron chi connectivity index (χ4n) is 2.21. The van der Waals surface area contributed by atoms with E-state index in [0.29, 0.717) is 14.8 Å². The van der Waals surface area contributed by atoms with Gasteiger partial charge in [-0.3, -0.25) is 15.0 Å². The van der Waals surface area contributed by atoms with Crippen molar-refractivity contribution in [2.24, 2.45) is 0 Å². The average molecular weight is 354 g/mol. The lowest BCUT2D eigenvalue weighted by Crippen LogP contribution is -2.44. The van der Waals surface area contributed by atoms with Crippen LogP contribution in [0.25, 0.3) is 6.08 Å². The highest BCUT2D eigenvalue weighted by atomic mass is 32.2. The van der Waals surface area contributed by atoms with Gasteiger partial charge in [0.25, 0.3) is 11.8 Å². The van der Waals surface area contributed by atoms with Gasteiger partial charge in [0, 0.05) is 5.56 Å². The highest BCUT2D eigenvalue weighted by Gasteiger charge is 2.33. The fourth-order valence-corrected chi connectivity index (χ4v) is 3.38. The topological polar surface area (TPSA) is 49.4 Å². The summed E-state index contributed by atoms with van der Waals surface area (Å²) in [5.41, 5.74) is 5.05. The van der Waals surface area contributed by atoms with Crippen molar-refractivity contribution in [1.82, 2.24) is 10.4 Å². The molecular weight excluding hydrogens is 340 g/mol. The summed E-state index contributed by atoms with van der Waals surface area (Å²) in [6.07, 6.45) is 1.79. The maximum atomic E-state index is 12.5. The molecule has 0 saturated carbocycles. The van der Waals surface area contributed by atoms with Gasteiger partial charge in [0.05, 0.1) is 4.91 Å². The number of carbonyl (C=O) groups excluding carboxylic acids is 2. The lowest BCUT2D eigenvalue weighted by molar-refractivity contribution is -0.123. The predicted molar refractivity (Wildman–Crippen MR) is 100 cm³/mol. The van der Waals surface area contributed by atoms with Gasteiger partial charge in [-0.25, -0.2) is 0 Å². The normalized spacial score (nSPS) is 15.9. The minimum Gasteiger partial charge on any atom is -0.267 e. The maximum Gasteiger partial charge on any atom is 0.285 e. The van der Waals surface area contributed by atoms with Crippen LogP contribution in [0.15, 0.2) is 59.5 Å². The molecule has 4 nitrogen and oxygen atoms in total. The van der Waals surface area contributed by atoms with E-state index in [2.05, 4.69) is 5.43 Å². The zero-order chi connectivity index (χ0) is 17.1. The number of hydrazine groups is 1. The molecule has 24 heavy (non-hydrogen) atoms. The summed E-state index contributed by atoms with van der Waals surface area (Å²) >= 11 is 6.40. The first-order valence-corrected chi connectivity index (χ1v) is 8.48. The number of carbonyl (C=O) groups is 2. The number of hydrogen-bond acceptors (Lipinski definition) is 4. The number of benzene rings is 2. The standard InChI is InChI=1S/C18H14N2O2S2/c1-12-7-5-6-10-14(12)11-15-17(22)20(18(23)24-15)19-16(21)13-8-3-2-4-9-13/h2-11H,1H3,(H,19,21)/b15-11+. The van der Waals surface area contributed by atoms with E-state index < -0.39 is 0 Å². The van der Waals surface area contributed by atoms with E-state index in [-0.39, 0.29) is 11.8 Å². The predicted octanol–water partition coefficient (Wildman–Crippen LogP) is 3.54. The van der Waals surface area contributed by atoms with E-state index in [1.807, 2.05) is 37.3 Å². The van der Waals surface area contributed by atoms with Crippen LogP contribution in [0.1, 0.15) is 21.5 Å². The molecule has 0 atom stereocenters. The Morgan fingerprint density at radius 3 is 2.50 bits per heavy atom. The van der Waals surface area contributed by atoms with Crippen LogP contribution >= 0.6 is 24.0 Å². The van der Waals surface area contributed by atoms with E-state index in [9.17, 15) is 9.59 Å². The smallest absolute Gasteiger partial charge is 0.267 e. The van der Waals surface area contributed by atoms with E-state index in [0.717, 1.165) is 16.1 Å². The summed E-state index contributed by atoms with van der Waals surface area (Å²) in [6.45, 7) is 1.98. The number of hydrogen-bond donors (Lipinski definition) is 1. The third-order valence-corrected chi connectivity index (χ3v) is 4.82. The number of amides is 2. The molecule has 0 spiro atoms. The second-order valence-corrected chi connectivity index (χ2v) is 6.86. The third kappa shape index (κ3) is 3.39. The Labute approximate surface area is 149 Å². The van der Waals surface area contributed by atoms with Gasteiger partial charge in [0.15, 0.2) is 4.32 Å². The molecule has 0 unspecified atom stereocenters. The van der Waals surface area contributed by atoms with Crippen molar-refractivity contribution in [1.29, 1.82) is 0 Å². The molecule has 1 N–H and O–H groups in total. The Hall–Kier alpha value is -2.44. The van der Waals surface area contributed by atoms with Crippen LogP contribution in [0.3, 0.4) is 0 Å². The van der Waals surface area contributed by atoms with E-state index in [1.165, 1.54) is 11.8 Å². The van der Waals surface area contributed by atoms with E-state index in [4.69, 9.17) is 12.2 Å². The number of aryl methyl sites for hydroxylation is 1. The first-order chi connectivity index (χ1) is 11.6. The lowest BCUT2D eigenvalue weighted by Gasteiger charge is -2.15. The second kappa shape index (κ2) is 6.98. The molecule has 0 aromatic heterocycles. The summed E-state index contributed by atoms with van der Waals surface area (Å²) in [5.74, 6) is -0.693. The van der Waals surface area contributed by atoms with Gasteiger partial charge in [-0.15, -0.1) is 0 Å². The van der Waals surface area contributed by atoms with Crippen molar-refractivity contribution < 1.29 is 9.59 Å². The van der Waals surface area contributed by atoms with Crippen molar-refractivity contribution >= 4 is 46.2 Å². The molecule has 0 bridgehead atoms. The van der Waals surface area contributed by atoms with Crippen LogP contribution < -0.4 is 5.43 Å². The quantitative estimate of drug-likeness (QED) is 0.677. The van der Waals surface area contributed by atoms with Gasteiger partial charge < -0.3 is 0 Å². The van der Waals surface area contributed by atoms with Crippen molar-refractivity contribution in [2.45, 2.75) is 6.92 Å². The van der Waals surface area contributed by atoms with Crippen LogP contribution in [0, 0.1) is 6.92 Å². The van der Waals surface area contributed by atoms with Crippen LogP contribution in [-0.4, -0.2) is 21.1 Å². The number of nitrogens with zero attached hydrogens (tertiary/aromatic N) is 1. The highest BCUT2D eigenvalue weighted by molar-refractivity contribution is 8.26. The molecule has 1 fully saturated rings. The zero-order valence-corrected chi connectivity index (χ0v) is 14.5. The number of nitrogens with one attached hydrogen (secondary N) is 1. The van der Waals surface area contributed by atoms with Crippen LogP contribution in [-0.2, 0) is 4.79 Å². The SMILES string of the molecule is Cc1ccccc1/C=C1/SC(=S)N(NC(=O)c2ccccc2)C1=O. The number of thiocarbonyl (C=S) groups is 1. The third-order valence-electron chi connectivity index (χ3n) is 3.52. The Balaban J connectivity index is 1.80. The monoisotopic (exact) mass is 354 g/mol. The first-order valence-electron chi connectivity index (χ1n) is 7.26. The van der Waals surface area contributed by atoms with Gasteiger partial charge in [-0.1, -0.05) is 54.2 Å². The average Bonchev–Trinajstić information content (AvgIpc) is 2.85. The molecule has 0 aliphatic carbocycles. The van der Waals surface area contributed by atoms with Gasteiger partial charge >= 0.3 is 0 Å². The lowest BCUT2D eigenvalue weighted by atomic mass is 10.1. The Morgan fingerprint density at radius 2 is 1.79 bits per heavy atom. The van der Waals surface area contributed by atoms with Gasteiger partial charge in [-0.05, 0) is 48.5 Å². The van der Waals surface area contributed by atoms with Crippen molar-refractivity contribution in [3.63, 3.8) is 0 Å². The molecule has 1 saturated heterocycles. The highest BCUT2D eigenvalue weighted by Crippen LogP contribution is 2.31. The van der Waals surface area contributed by atoms with Gasteiger partial charge in [0.1, 0.15) is 0 Å². The van der Waals surface area contributed by atoms with E-state index in [1.54, 1.807) is 30.3 Å². The zero-order valence-electron chi connectivity index (χ0n) is 12.9. The maximum absolute atomic E-state index is 12.5. The molecule has 120 valence electrons. The van der Waals surface area contributed by atoms with Crippen LogP contribution in [0.5, 0.6) is 0 Å². The summed E-state index contributed by atoms with van der Waals surface area (Å²) in [6, 6.07) is 16.5. The molecule has 3 rings (SSSR count). The molecule has 2 aromatic rings. The van der Waals surface area contributed by atoms with E-state index >= 15 is 0 Å². The molecule has 6 heteroatoms. The molecule has 1 aliphatic heterocycles. The van der Waals surface area contributed by atoms with Gasteiger partial charge in [0.2, 0.25) is 0 Å². The Morgan fingerprint density at radius 1 is 1.12 bits per heavy atom. The Kier molecular flexibility index (Phi) is 4.78. The molecule has 1 heterocycles. The molecule has 0 radical (unpaired) electrons. The second-order valence-electron chi connectivity index (χ2n) is 5.18. The Bertz CT molecular complexity index is 847. The first kappa shape index (κ1) is 16.4. The molecule has 2 aromatic carbocycles. The summed E-state index contributed by atoms with van der Waals surface area (Å²) in [4.78, 5) is 25.2. The minimum absolute atomic E-state index is 0.309. The summed E-state index contributed by atoms with van der Waals surface area (Å²) in [7, 11) is 0. The van der Waals surface area contributed by atoms with Gasteiger partial charge in [-0.2, -0.15) is 5.01 Å². The number of rotatable bonds is 3. The molecular formula is C18H14N2O2S2. The summed E-state index contributed by atoms with van der Waals surface area (Å²) < 4.78 is 0.309. The minimum atomic E-state index is -0.371. The molecule has 2 amide bonds. The van der Waals surface area contributed by atoms with Crippen molar-refractivity contribution in [2.75, 3.05) is 0 Å². The largest absolute Gasteiger partial charge is 0.285 e. The van der Waals surface area contributed by atoms with Crippen LogP contribution in [0.4, 0.5) is 0 Å². The van der Waals surface area contributed by atoms with Crippen molar-refractivity contribution in [3.05, 3.63) is 76.2 Å². The summed E-state index contributed by atoms with van der Waals surface area (Å²) in [5, 5.41) is 1.12.